The number of nitrogens with zero attached hydrogens (tertiary/aromatic N) is 2. The number of nitro groups is 1. The lowest BCUT2D eigenvalue weighted by Gasteiger charge is -2.44. The molecule has 1 unspecified atom stereocenters. The maximum atomic E-state index is 14.0. The predicted molar refractivity (Wildman–Crippen MR) is 145 cm³/mol. The number of para-hydroxylation sites is 1. The molecule has 1 atom stereocenters. The molecule has 6 nitrogen and oxygen atoms in total. The Morgan fingerprint density at radius 3 is 2.24 bits per heavy atom. The van der Waals surface area contributed by atoms with Crippen LogP contribution in [0.2, 0.25) is 0 Å². The molecular formula is C30H23BrN2O4. The summed E-state index contributed by atoms with van der Waals surface area (Å²) < 4.78 is 0.914. The van der Waals surface area contributed by atoms with Gasteiger partial charge in [0.25, 0.3) is 5.69 Å². The van der Waals surface area contributed by atoms with E-state index in [4.69, 9.17) is 0 Å². The Balaban J connectivity index is 1.73. The standard InChI is InChI=1S/C30H23BrN2O4/c1-30(2)15-23-26(24(34)16-30)25(21-9-5-6-10-22(21)33(36)37)27-28(19-7-3-4-8-20(19)29(27)35)32(23)18-13-11-17(31)12-14-18/h3-14,25H,15-16H2,1-2H3. The zero-order valence-corrected chi connectivity index (χ0v) is 21.9. The van der Waals surface area contributed by atoms with Crippen molar-refractivity contribution in [3.8, 4) is 0 Å². The molecular weight excluding hydrogens is 532 g/mol. The minimum atomic E-state index is -0.818. The number of fused-ring (bicyclic) bond motifs is 2. The molecule has 1 aliphatic heterocycles. The lowest BCUT2D eigenvalue weighted by molar-refractivity contribution is -0.385. The summed E-state index contributed by atoms with van der Waals surface area (Å²) in [5.41, 5.74) is 4.53. The Labute approximate surface area is 222 Å². The molecule has 3 aromatic rings. The lowest BCUT2D eigenvalue weighted by Crippen LogP contribution is -2.39. The van der Waals surface area contributed by atoms with Gasteiger partial charge in [0, 0.05) is 56.2 Å². The van der Waals surface area contributed by atoms with Crippen molar-refractivity contribution >= 4 is 44.6 Å². The van der Waals surface area contributed by atoms with Crippen LogP contribution in [-0.4, -0.2) is 16.5 Å². The third-order valence-electron chi connectivity index (χ3n) is 7.42. The van der Waals surface area contributed by atoms with E-state index in [1.54, 1.807) is 24.3 Å². The maximum Gasteiger partial charge on any atom is 0.273 e. The number of carbonyl (C=O) groups excluding carboxylic acids is 2. The number of hydrogen-bond donors (Lipinski definition) is 0. The van der Waals surface area contributed by atoms with E-state index in [0.29, 0.717) is 40.8 Å². The van der Waals surface area contributed by atoms with Crippen molar-refractivity contribution in [3.05, 3.63) is 121 Å². The fourth-order valence-electron chi connectivity index (χ4n) is 5.99. The highest BCUT2D eigenvalue weighted by Gasteiger charge is 2.50. The van der Waals surface area contributed by atoms with E-state index in [2.05, 4.69) is 29.8 Å². The minimum Gasteiger partial charge on any atom is -0.313 e. The monoisotopic (exact) mass is 554 g/mol. The zero-order chi connectivity index (χ0) is 26.1. The number of ketones is 2. The van der Waals surface area contributed by atoms with Crippen molar-refractivity contribution in [2.75, 3.05) is 4.90 Å². The number of carbonyl (C=O) groups is 2. The third-order valence-corrected chi connectivity index (χ3v) is 7.95. The highest BCUT2D eigenvalue weighted by molar-refractivity contribution is 9.10. The van der Waals surface area contributed by atoms with Gasteiger partial charge in [-0.15, -0.1) is 0 Å². The topological polar surface area (TPSA) is 80.5 Å². The molecule has 2 aliphatic carbocycles. The molecule has 0 radical (unpaired) electrons. The van der Waals surface area contributed by atoms with E-state index in [-0.39, 0.29) is 22.7 Å². The number of benzene rings is 3. The molecule has 0 fully saturated rings. The molecule has 3 aliphatic rings. The number of rotatable bonds is 3. The van der Waals surface area contributed by atoms with Crippen molar-refractivity contribution < 1.29 is 14.5 Å². The SMILES string of the molecule is CC1(C)CC(=O)C2=C(C1)N(c1ccc(Br)cc1)C1=C(C(=O)c3ccccc31)C2c1ccccc1[N+](=O)[O-]. The van der Waals surface area contributed by atoms with E-state index in [9.17, 15) is 19.7 Å². The van der Waals surface area contributed by atoms with Gasteiger partial charge < -0.3 is 4.90 Å². The van der Waals surface area contributed by atoms with E-state index < -0.39 is 10.8 Å². The van der Waals surface area contributed by atoms with Gasteiger partial charge in [0.15, 0.2) is 11.6 Å². The van der Waals surface area contributed by atoms with Crippen molar-refractivity contribution in [3.63, 3.8) is 0 Å². The minimum absolute atomic E-state index is 0.0770. The predicted octanol–water partition coefficient (Wildman–Crippen LogP) is 7.21. The average molecular weight is 555 g/mol. The van der Waals surface area contributed by atoms with Gasteiger partial charge in [-0.05, 0) is 36.1 Å². The van der Waals surface area contributed by atoms with Gasteiger partial charge in [-0.2, -0.15) is 0 Å². The first-order valence-electron chi connectivity index (χ1n) is 12.1. The van der Waals surface area contributed by atoms with Crippen LogP contribution in [0.5, 0.6) is 0 Å². The molecule has 0 saturated heterocycles. The lowest BCUT2D eigenvalue weighted by atomic mass is 9.67. The molecule has 0 bridgehead atoms. The number of anilines is 1. The smallest absolute Gasteiger partial charge is 0.273 e. The van der Waals surface area contributed by atoms with Gasteiger partial charge in [0.1, 0.15) is 0 Å². The van der Waals surface area contributed by atoms with Crippen molar-refractivity contribution in [1.29, 1.82) is 0 Å². The van der Waals surface area contributed by atoms with Crippen LogP contribution in [0.25, 0.3) is 5.70 Å². The fourth-order valence-corrected chi connectivity index (χ4v) is 6.25. The number of nitro benzene ring substituents is 1. The first-order valence-corrected chi connectivity index (χ1v) is 12.9. The van der Waals surface area contributed by atoms with Crippen LogP contribution < -0.4 is 4.90 Å². The molecule has 0 aromatic heterocycles. The maximum absolute atomic E-state index is 14.0. The highest BCUT2D eigenvalue weighted by atomic mass is 79.9. The Hall–Kier alpha value is -3.84. The molecule has 37 heavy (non-hydrogen) atoms. The molecule has 184 valence electrons. The fraction of sp³-hybridized carbons (Fsp3) is 0.200. The molecule has 0 spiro atoms. The Kier molecular flexibility index (Phi) is 5.31. The van der Waals surface area contributed by atoms with Crippen LogP contribution >= 0.6 is 15.9 Å². The molecule has 0 amide bonds. The summed E-state index contributed by atoms with van der Waals surface area (Å²) in [5, 5.41) is 12.1. The molecule has 1 heterocycles. The molecule has 3 aromatic carbocycles. The highest BCUT2D eigenvalue weighted by Crippen LogP contribution is 2.57. The van der Waals surface area contributed by atoms with Crippen molar-refractivity contribution in [2.24, 2.45) is 5.41 Å². The first-order chi connectivity index (χ1) is 17.7. The summed E-state index contributed by atoms with van der Waals surface area (Å²) >= 11 is 3.50. The van der Waals surface area contributed by atoms with Crippen LogP contribution in [0, 0.1) is 15.5 Å². The second-order valence-corrected chi connectivity index (χ2v) is 11.4. The van der Waals surface area contributed by atoms with E-state index in [0.717, 1.165) is 21.4 Å². The van der Waals surface area contributed by atoms with Gasteiger partial charge in [-0.1, -0.05) is 72.2 Å². The summed E-state index contributed by atoms with van der Waals surface area (Å²) in [7, 11) is 0. The molecule has 0 saturated carbocycles. The zero-order valence-electron chi connectivity index (χ0n) is 20.3. The number of Topliss-reactive ketones (excluding diaryl/α,β-unsaturated/α-hetero) is 2. The van der Waals surface area contributed by atoms with Gasteiger partial charge in [0.05, 0.1) is 16.5 Å². The quantitative estimate of drug-likeness (QED) is 0.252. The first kappa shape index (κ1) is 23.6. The normalized spacial score (nSPS) is 20.1. The Morgan fingerprint density at radius 1 is 0.892 bits per heavy atom. The average Bonchev–Trinajstić information content (AvgIpc) is 3.15. The van der Waals surface area contributed by atoms with Gasteiger partial charge in [-0.3, -0.25) is 19.7 Å². The van der Waals surface area contributed by atoms with Crippen molar-refractivity contribution in [1.82, 2.24) is 0 Å². The Bertz CT molecular complexity index is 1580. The van der Waals surface area contributed by atoms with Crippen LogP contribution in [0.4, 0.5) is 11.4 Å². The van der Waals surface area contributed by atoms with Gasteiger partial charge in [0.2, 0.25) is 0 Å². The third kappa shape index (κ3) is 3.60. The van der Waals surface area contributed by atoms with E-state index in [1.165, 1.54) is 6.07 Å². The van der Waals surface area contributed by atoms with Crippen LogP contribution in [0.1, 0.15) is 54.1 Å². The second kappa shape index (κ2) is 8.35. The second-order valence-electron chi connectivity index (χ2n) is 10.5. The summed E-state index contributed by atoms with van der Waals surface area (Å²) in [6.45, 7) is 4.12. The van der Waals surface area contributed by atoms with Crippen LogP contribution in [0.3, 0.4) is 0 Å². The van der Waals surface area contributed by atoms with E-state index in [1.807, 2.05) is 47.4 Å². The molecule has 0 N–H and O–H groups in total. The van der Waals surface area contributed by atoms with Gasteiger partial charge in [-0.25, -0.2) is 0 Å². The molecule has 6 rings (SSSR count). The van der Waals surface area contributed by atoms with Crippen molar-refractivity contribution in [2.45, 2.75) is 32.6 Å². The van der Waals surface area contributed by atoms with E-state index >= 15 is 0 Å². The van der Waals surface area contributed by atoms with Crippen LogP contribution in [0.15, 0.2) is 94.1 Å². The van der Waals surface area contributed by atoms with Gasteiger partial charge >= 0.3 is 0 Å². The number of halogens is 1. The Morgan fingerprint density at radius 2 is 1.54 bits per heavy atom. The summed E-state index contributed by atoms with van der Waals surface area (Å²) in [4.78, 5) is 41.7. The van der Waals surface area contributed by atoms with Crippen LogP contribution in [-0.2, 0) is 4.79 Å². The molecule has 7 heteroatoms. The summed E-state index contributed by atoms with van der Waals surface area (Å²) in [5.74, 6) is -1.09. The largest absolute Gasteiger partial charge is 0.313 e. The summed E-state index contributed by atoms with van der Waals surface area (Å²) in [6.07, 6.45) is 0.898. The number of hydrogen-bond acceptors (Lipinski definition) is 5. The number of allylic oxidation sites excluding steroid dienone is 3. The summed E-state index contributed by atoms with van der Waals surface area (Å²) in [6, 6.07) is 21.7.